The number of hydrogen-bond acceptors (Lipinski definition) is 8. The Labute approximate surface area is 260 Å². The number of fused-ring (bicyclic) bond motifs is 1. The SMILES string of the molecule is C[C@@H]1CCCCO[C@@H](CN(C)Cc2ccncc2)[C@@H](C)CN([C@H](C)CO)C(=O)c2cc(NC(=O)c3ccncc3)ccc2O1. The Bertz CT molecular complexity index is 1340. The summed E-state index contributed by atoms with van der Waals surface area (Å²) >= 11 is 0. The van der Waals surface area contributed by atoms with Crippen LogP contribution in [0.25, 0.3) is 0 Å². The van der Waals surface area contributed by atoms with Gasteiger partial charge in [-0.15, -0.1) is 0 Å². The molecule has 3 aromatic rings. The zero-order valence-corrected chi connectivity index (χ0v) is 26.2. The first-order chi connectivity index (χ1) is 21.2. The molecule has 2 aromatic heterocycles. The lowest BCUT2D eigenvalue weighted by molar-refractivity contribution is -0.0177. The molecule has 2 amide bonds. The first-order valence-electron chi connectivity index (χ1n) is 15.4. The number of amides is 2. The number of benzene rings is 1. The van der Waals surface area contributed by atoms with Gasteiger partial charge in [-0.1, -0.05) is 6.92 Å². The highest BCUT2D eigenvalue weighted by atomic mass is 16.5. The van der Waals surface area contributed by atoms with Crippen LogP contribution in [-0.4, -0.2) is 88.3 Å². The number of pyridine rings is 2. The van der Waals surface area contributed by atoms with Crippen molar-refractivity contribution in [1.29, 1.82) is 0 Å². The first kappa shape index (κ1) is 33.0. The van der Waals surface area contributed by atoms with Gasteiger partial charge >= 0.3 is 0 Å². The summed E-state index contributed by atoms with van der Waals surface area (Å²) in [7, 11) is 2.07. The lowest BCUT2D eigenvalue weighted by Gasteiger charge is -2.36. The molecular weight excluding hydrogens is 558 g/mol. The lowest BCUT2D eigenvalue weighted by atomic mass is 10.0. The van der Waals surface area contributed by atoms with Crippen LogP contribution >= 0.6 is 0 Å². The van der Waals surface area contributed by atoms with E-state index >= 15 is 0 Å². The topological polar surface area (TPSA) is 117 Å². The van der Waals surface area contributed by atoms with Gasteiger partial charge in [-0.25, -0.2) is 0 Å². The average molecular weight is 604 g/mol. The third-order valence-corrected chi connectivity index (χ3v) is 7.95. The third-order valence-electron chi connectivity index (χ3n) is 7.95. The van der Waals surface area contributed by atoms with Crippen molar-refractivity contribution >= 4 is 17.5 Å². The minimum Gasteiger partial charge on any atom is -0.490 e. The van der Waals surface area contributed by atoms with Gasteiger partial charge in [-0.3, -0.25) is 24.5 Å². The van der Waals surface area contributed by atoms with E-state index in [4.69, 9.17) is 9.47 Å². The number of nitrogens with one attached hydrogen (secondary N) is 1. The number of likely N-dealkylation sites (N-methyl/N-ethyl adjacent to an activating group) is 1. The summed E-state index contributed by atoms with van der Waals surface area (Å²) < 4.78 is 12.8. The summed E-state index contributed by atoms with van der Waals surface area (Å²) in [4.78, 5) is 39.2. The number of nitrogens with zero attached hydrogens (tertiary/aromatic N) is 4. The third kappa shape index (κ3) is 9.32. The smallest absolute Gasteiger partial charge is 0.258 e. The van der Waals surface area contributed by atoms with Crippen LogP contribution in [-0.2, 0) is 11.3 Å². The zero-order chi connectivity index (χ0) is 31.5. The number of hydrogen-bond donors (Lipinski definition) is 2. The number of aliphatic hydroxyl groups is 1. The Balaban J connectivity index is 1.61. The van der Waals surface area contributed by atoms with E-state index in [1.807, 2.05) is 26.0 Å². The van der Waals surface area contributed by atoms with Gasteiger partial charge in [-0.05, 0) is 88.2 Å². The van der Waals surface area contributed by atoms with Gasteiger partial charge in [0.05, 0.1) is 30.4 Å². The molecule has 0 unspecified atom stereocenters. The van der Waals surface area contributed by atoms with Crippen molar-refractivity contribution in [1.82, 2.24) is 19.8 Å². The molecule has 236 valence electrons. The van der Waals surface area contributed by atoms with Crippen LogP contribution in [0.3, 0.4) is 0 Å². The quantitative estimate of drug-likeness (QED) is 0.382. The van der Waals surface area contributed by atoms with Crippen molar-refractivity contribution in [2.45, 2.75) is 64.8 Å². The van der Waals surface area contributed by atoms with E-state index in [1.54, 1.807) is 60.0 Å². The fourth-order valence-electron chi connectivity index (χ4n) is 5.34. The summed E-state index contributed by atoms with van der Waals surface area (Å²) in [5.74, 6) is -0.163. The number of rotatable bonds is 8. The standard InChI is InChI=1S/C34H45N5O5/c1-24-20-39(25(2)23-40)34(42)30-19-29(37-33(41)28-12-16-36-17-13-28)8-9-31(30)44-26(3)7-5-6-18-43-32(24)22-38(4)21-27-10-14-35-15-11-27/h8-17,19,24-26,32,40H,5-7,18,20-23H2,1-4H3,(H,37,41)/t24-,25+,26+,32-/m0/s1. The molecule has 44 heavy (non-hydrogen) atoms. The molecule has 2 N–H and O–H groups in total. The maximum absolute atomic E-state index is 14.3. The van der Waals surface area contributed by atoms with Crippen LogP contribution in [0.2, 0.25) is 0 Å². The predicted molar refractivity (Wildman–Crippen MR) is 170 cm³/mol. The van der Waals surface area contributed by atoms with E-state index in [-0.39, 0.29) is 36.5 Å². The van der Waals surface area contributed by atoms with Gasteiger partial charge in [0.25, 0.3) is 11.8 Å². The summed E-state index contributed by atoms with van der Waals surface area (Å²) in [5, 5.41) is 13.1. The van der Waals surface area contributed by atoms with Crippen LogP contribution in [0.1, 0.15) is 66.3 Å². The number of carbonyl (C=O) groups is 2. The highest BCUT2D eigenvalue weighted by Crippen LogP contribution is 2.29. The van der Waals surface area contributed by atoms with Crippen LogP contribution < -0.4 is 10.1 Å². The number of aliphatic hydroxyl groups excluding tert-OH is 1. The fourth-order valence-corrected chi connectivity index (χ4v) is 5.34. The number of anilines is 1. The molecule has 10 heteroatoms. The molecule has 0 saturated carbocycles. The molecule has 1 aliphatic heterocycles. The van der Waals surface area contributed by atoms with Gasteiger partial charge in [0.2, 0.25) is 0 Å². The first-order valence-corrected chi connectivity index (χ1v) is 15.4. The maximum Gasteiger partial charge on any atom is 0.258 e. The van der Waals surface area contributed by atoms with Gasteiger partial charge < -0.3 is 24.8 Å². The molecule has 1 aliphatic rings. The van der Waals surface area contributed by atoms with Crippen LogP contribution in [0.15, 0.2) is 67.3 Å². The van der Waals surface area contributed by atoms with Crippen molar-refractivity contribution in [2.24, 2.45) is 5.92 Å². The largest absolute Gasteiger partial charge is 0.490 e. The molecule has 3 heterocycles. The van der Waals surface area contributed by atoms with Crippen LogP contribution in [0.5, 0.6) is 5.75 Å². The number of aromatic nitrogens is 2. The Hall–Kier alpha value is -3.86. The van der Waals surface area contributed by atoms with Crippen molar-refractivity contribution < 1.29 is 24.2 Å². The summed E-state index contributed by atoms with van der Waals surface area (Å²) in [6, 6.07) is 12.0. The van der Waals surface area contributed by atoms with E-state index < -0.39 is 6.04 Å². The lowest BCUT2D eigenvalue weighted by Crippen LogP contribution is -2.47. The molecule has 0 bridgehead atoms. The minimum absolute atomic E-state index is 0.0337. The average Bonchev–Trinajstić information content (AvgIpc) is 3.03. The summed E-state index contributed by atoms with van der Waals surface area (Å²) in [6.07, 6.45) is 9.05. The maximum atomic E-state index is 14.3. The summed E-state index contributed by atoms with van der Waals surface area (Å²) in [6.45, 7) is 8.14. The molecule has 0 saturated heterocycles. The van der Waals surface area contributed by atoms with Crippen LogP contribution in [0, 0.1) is 5.92 Å². The molecule has 4 rings (SSSR count). The highest BCUT2D eigenvalue weighted by molar-refractivity contribution is 6.05. The van der Waals surface area contributed by atoms with Gasteiger partial charge in [0.15, 0.2) is 0 Å². The summed E-state index contributed by atoms with van der Waals surface area (Å²) in [5.41, 5.74) is 2.43. The van der Waals surface area contributed by atoms with Crippen molar-refractivity contribution in [3.8, 4) is 5.75 Å². The van der Waals surface area contributed by atoms with E-state index in [0.717, 1.165) is 25.8 Å². The Morgan fingerprint density at radius 1 is 1.09 bits per heavy atom. The molecule has 1 aromatic carbocycles. The zero-order valence-electron chi connectivity index (χ0n) is 26.2. The van der Waals surface area contributed by atoms with E-state index in [9.17, 15) is 14.7 Å². The van der Waals surface area contributed by atoms with Crippen LogP contribution in [0.4, 0.5) is 5.69 Å². The van der Waals surface area contributed by atoms with Gasteiger partial charge in [-0.2, -0.15) is 0 Å². The van der Waals surface area contributed by atoms with Gasteiger partial charge in [0.1, 0.15) is 5.75 Å². The van der Waals surface area contributed by atoms with Crippen molar-refractivity contribution in [3.05, 3.63) is 83.9 Å². The Kier molecular flexibility index (Phi) is 12.2. The number of ether oxygens (including phenoxy) is 2. The van der Waals surface area contributed by atoms with Crippen molar-refractivity contribution in [2.75, 3.05) is 38.7 Å². The normalized spacial score (nSPS) is 20.7. The monoisotopic (exact) mass is 603 g/mol. The van der Waals surface area contributed by atoms with E-state index in [1.165, 1.54) is 5.56 Å². The molecule has 4 atom stereocenters. The van der Waals surface area contributed by atoms with E-state index in [0.29, 0.717) is 42.3 Å². The van der Waals surface area contributed by atoms with E-state index in [2.05, 4.69) is 34.2 Å². The van der Waals surface area contributed by atoms with Crippen molar-refractivity contribution in [3.63, 3.8) is 0 Å². The fraction of sp³-hybridized carbons (Fsp3) is 0.471. The number of carbonyl (C=O) groups excluding carboxylic acids is 2. The molecule has 10 nitrogen and oxygen atoms in total. The Morgan fingerprint density at radius 2 is 1.80 bits per heavy atom. The molecular formula is C34H45N5O5. The van der Waals surface area contributed by atoms with Gasteiger partial charge in [0, 0.05) is 68.2 Å². The molecule has 0 aliphatic carbocycles. The predicted octanol–water partition coefficient (Wildman–Crippen LogP) is 4.66. The Morgan fingerprint density at radius 3 is 2.50 bits per heavy atom. The molecule has 0 radical (unpaired) electrons. The highest BCUT2D eigenvalue weighted by Gasteiger charge is 2.30. The second-order valence-electron chi connectivity index (χ2n) is 11.8. The second-order valence-corrected chi connectivity index (χ2v) is 11.8. The minimum atomic E-state index is -0.451. The molecule has 0 fully saturated rings. The molecule has 0 spiro atoms. The second kappa shape index (κ2) is 16.3.